The topological polar surface area (TPSA) is 53.2 Å². The molecule has 0 aliphatic carbocycles. The van der Waals surface area contributed by atoms with Crippen molar-refractivity contribution in [3.05, 3.63) is 57.9 Å². The van der Waals surface area contributed by atoms with Crippen LogP contribution in [0.25, 0.3) is 0 Å². The van der Waals surface area contributed by atoms with Gasteiger partial charge < -0.3 is 4.98 Å². The average molecular weight is 310 g/mol. The molecule has 23 heavy (non-hydrogen) atoms. The number of aryl methyl sites for hydroxylation is 1. The Hall–Kier alpha value is -2.20. The molecule has 1 aliphatic heterocycles. The summed E-state index contributed by atoms with van der Waals surface area (Å²) in [5.74, 6) is 0.0553. The van der Waals surface area contributed by atoms with Crippen molar-refractivity contribution in [3.63, 3.8) is 0 Å². The Labute approximate surface area is 136 Å². The minimum Gasteiger partial charge on any atom is -0.355 e. The van der Waals surface area contributed by atoms with Crippen LogP contribution in [0.1, 0.15) is 50.2 Å². The van der Waals surface area contributed by atoms with Gasteiger partial charge in [0.15, 0.2) is 11.6 Å². The van der Waals surface area contributed by atoms with Gasteiger partial charge in [-0.25, -0.2) is 0 Å². The molecule has 0 saturated heterocycles. The third kappa shape index (κ3) is 2.99. The molecule has 0 unspecified atom stereocenters. The number of aromatic nitrogens is 1. The van der Waals surface area contributed by atoms with Gasteiger partial charge in [0, 0.05) is 24.3 Å². The van der Waals surface area contributed by atoms with Crippen molar-refractivity contribution in [3.8, 4) is 0 Å². The van der Waals surface area contributed by atoms with E-state index in [1.807, 2.05) is 19.9 Å². The lowest BCUT2D eigenvalue weighted by atomic mass is 9.99. The van der Waals surface area contributed by atoms with E-state index in [4.69, 9.17) is 0 Å². The maximum absolute atomic E-state index is 12.6. The van der Waals surface area contributed by atoms with Crippen molar-refractivity contribution in [2.24, 2.45) is 0 Å². The summed E-state index contributed by atoms with van der Waals surface area (Å²) in [5.41, 5.74) is 5.46. The molecule has 0 amide bonds. The van der Waals surface area contributed by atoms with Crippen LogP contribution in [-0.2, 0) is 13.0 Å². The van der Waals surface area contributed by atoms with Gasteiger partial charge in [0.05, 0.1) is 12.2 Å². The highest BCUT2D eigenvalue weighted by Crippen LogP contribution is 2.21. The monoisotopic (exact) mass is 310 g/mol. The first-order valence-corrected chi connectivity index (χ1v) is 7.99. The number of fused-ring (bicyclic) bond motifs is 1. The number of hydrogen-bond donors (Lipinski definition) is 1. The van der Waals surface area contributed by atoms with Gasteiger partial charge in [0.2, 0.25) is 0 Å². The van der Waals surface area contributed by atoms with Crippen molar-refractivity contribution in [2.75, 3.05) is 13.1 Å². The molecule has 2 heterocycles. The van der Waals surface area contributed by atoms with Crippen molar-refractivity contribution < 1.29 is 9.59 Å². The lowest BCUT2D eigenvalue weighted by molar-refractivity contribution is 0.0916. The van der Waals surface area contributed by atoms with Crippen LogP contribution in [-0.4, -0.2) is 34.5 Å². The fraction of sp³-hybridized carbons (Fsp3) is 0.368. The number of Topliss-reactive ketones (excluding diaryl/α,β-unsaturated/α-hetero) is 2. The predicted molar refractivity (Wildman–Crippen MR) is 90.0 cm³/mol. The average Bonchev–Trinajstić information content (AvgIpc) is 2.82. The van der Waals surface area contributed by atoms with E-state index in [1.165, 1.54) is 11.1 Å². The molecule has 1 aliphatic rings. The summed E-state index contributed by atoms with van der Waals surface area (Å²) in [6, 6.07) is 8.39. The van der Waals surface area contributed by atoms with Gasteiger partial charge in [0.1, 0.15) is 0 Å². The minimum atomic E-state index is 0.00204. The SMILES string of the molecule is CC(=O)c1c(C)[nH]c(C(=O)CN2CCc3ccccc3C2)c1C. The highest BCUT2D eigenvalue weighted by molar-refractivity contribution is 6.03. The number of rotatable bonds is 4. The standard InChI is InChI=1S/C19H22N2O2/c1-12-18(14(3)22)13(2)20-19(12)17(23)11-21-9-8-15-6-4-5-7-16(15)10-21/h4-7,20H,8-11H2,1-3H3. The molecule has 3 rings (SSSR count). The van der Waals surface area contributed by atoms with Crippen LogP contribution in [0.5, 0.6) is 0 Å². The Morgan fingerprint density at radius 2 is 1.87 bits per heavy atom. The van der Waals surface area contributed by atoms with Gasteiger partial charge in [-0.1, -0.05) is 24.3 Å². The van der Waals surface area contributed by atoms with Gasteiger partial charge in [-0.05, 0) is 43.9 Å². The number of carbonyl (C=O) groups is 2. The molecular weight excluding hydrogens is 288 g/mol. The van der Waals surface area contributed by atoms with E-state index in [-0.39, 0.29) is 11.6 Å². The maximum Gasteiger partial charge on any atom is 0.193 e. The molecule has 0 atom stereocenters. The molecule has 0 spiro atoms. The molecule has 120 valence electrons. The van der Waals surface area contributed by atoms with E-state index in [2.05, 4.69) is 28.1 Å². The third-order valence-corrected chi connectivity index (χ3v) is 4.65. The fourth-order valence-electron chi connectivity index (χ4n) is 3.53. The second kappa shape index (κ2) is 6.13. The first kappa shape index (κ1) is 15.7. The second-order valence-corrected chi connectivity index (χ2v) is 6.33. The Bertz CT molecular complexity index is 774. The van der Waals surface area contributed by atoms with E-state index in [0.29, 0.717) is 17.8 Å². The quantitative estimate of drug-likeness (QED) is 0.883. The summed E-state index contributed by atoms with van der Waals surface area (Å²) in [7, 11) is 0. The van der Waals surface area contributed by atoms with Gasteiger partial charge in [-0.15, -0.1) is 0 Å². The van der Waals surface area contributed by atoms with Crippen LogP contribution in [0.3, 0.4) is 0 Å². The molecule has 1 aromatic carbocycles. The van der Waals surface area contributed by atoms with Gasteiger partial charge in [-0.2, -0.15) is 0 Å². The molecule has 2 aromatic rings. The van der Waals surface area contributed by atoms with E-state index < -0.39 is 0 Å². The predicted octanol–water partition coefficient (Wildman–Crippen LogP) is 3.08. The summed E-state index contributed by atoms with van der Waals surface area (Å²) in [5, 5.41) is 0. The second-order valence-electron chi connectivity index (χ2n) is 6.33. The number of ketones is 2. The van der Waals surface area contributed by atoms with Crippen LogP contribution in [0.4, 0.5) is 0 Å². The number of H-pyrrole nitrogens is 1. The summed E-state index contributed by atoms with van der Waals surface area (Å²) < 4.78 is 0. The van der Waals surface area contributed by atoms with Crippen molar-refractivity contribution in [1.29, 1.82) is 0 Å². The minimum absolute atomic E-state index is 0.00204. The lowest BCUT2D eigenvalue weighted by Gasteiger charge is -2.28. The molecular formula is C19H22N2O2. The Kier molecular flexibility index (Phi) is 4.18. The zero-order valence-electron chi connectivity index (χ0n) is 13.9. The molecule has 4 nitrogen and oxygen atoms in total. The van der Waals surface area contributed by atoms with E-state index in [1.54, 1.807) is 6.92 Å². The van der Waals surface area contributed by atoms with Crippen molar-refractivity contribution in [2.45, 2.75) is 33.7 Å². The van der Waals surface area contributed by atoms with Gasteiger partial charge in [-0.3, -0.25) is 14.5 Å². The largest absolute Gasteiger partial charge is 0.355 e. The normalized spacial score (nSPS) is 14.6. The number of benzene rings is 1. The van der Waals surface area contributed by atoms with Crippen molar-refractivity contribution in [1.82, 2.24) is 9.88 Å². The van der Waals surface area contributed by atoms with E-state index >= 15 is 0 Å². The Morgan fingerprint density at radius 3 is 2.52 bits per heavy atom. The van der Waals surface area contributed by atoms with Crippen molar-refractivity contribution >= 4 is 11.6 Å². The number of carbonyl (C=O) groups excluding carboxylic acids is 2. The van der Waals surface area contributed by atoms with Crippen LogP contribution in [0, 0.1) is 13.8 Å². The third-order valence-electron chi connectivity index (χ3n) is 4.65. The molecule has 1 aromatic heterocycles. The number of hydrogen-bond acceptors (Lipinski definition) is 3. The number of nitrogens with one attached hydrogen (secondary N) is 1. The lowest BCUT2D eigenvalue weighted by Crippen LogP contribution is -2.35. The summed E-state index contributed by atoms with van der Waals surface area (Å²) in [4.78, 5) is 29.6. The van der Waals surface area contributed by atoms with Crippen LogP contribution in [0.15, 0.2) is 24.3 Å². The first-order valence-electron chi connectivity index (χ1n) is 7.99. The highest BCUT2D eigenvalue weighted by Gasteiger charge is 2.23. The fourth-order valence-corrected chi connectivity index (χ4v) is 3.53. The van der Waals surface area contributed by atoms with Crippen LogP contribution >= 0.6 is 0 Å². The Morgan fingerprint density at radius 1 is 1.17 bits per heavy atom. The molecule has 0 fully saturated rings. The molecule has 1 N–H and O–H groups in total. The molecule has 0 radical (unpaired) electrons. The smallest absolute Gasteiger partial charge is 0.193 e. The zero-order valence-corrected chi connectivity index (χ0v) is 13.9. The molecule has 0 saturated carbocycles. The maximum atomic E-state index is 12.6. The summed E-state index contributed by atoms with van der Waals surface area (Å²) in [6.07, 6.45) is 0.977. The summed E-state index contributed by atoms with van der Waals surface area (Å²) >= 11 is 0. The van der Waals surface area contributed by atoms with Crippen LogP contribution in [0.2, 0.25) is 0 Å². The van der Waals surface area contributed by atoms with Gasteiger partial charge >= 0.3 is 0 Å². The Balaban J connectivity index is 1.76. The number of nitrogens with zero attached hydrogens (tertiary/aromatic N) is 1. The highest BCUT2D eigenvalue weighted by atomic mass is 16.1. The summed E-state index contributed by atoms with van der Waals surface area (Å²) in [6.45, 7) is 7.31. The zero-order chi connectivity index (χ0) is 16.6. The van der Waals surface area contributed by atoms with Crippen LogP contribution < -0.4 is 0 Å². The van der Waals surface area contributed by atoms with E-state index in [0.717, 1.165) is 30.8 Å². The van der Waals surface area contributed by atoms with E-state index in [9.17, 15) is 9.59 Å². The molecule has 0 bridgehead atoms. The van der Waals surface area contributed by atoms with Gasteiger partial charge in [0.25, 0.3) is 0 Å². The first-order chi connectivity index (χ1) is 11.0. The molecule has 4 heteroatoms. The number of aromatic amines is 1.